The molecule has 0 fully saturated rings. The van der Waals surface area contributed by atoms with Crippen LogP contribution in [0.15, 0.2) is 70.2 Å². The standard InChI is InChI=1S/C21H23N3O7S/c1-29-20-8-3-2-7-18(20)23-32(27,28)21-14-16(24(25)26)9-10-19(21)22-11-5-12-30-15-17-6-4-13-31-17/h2-4,6-10,13-14,22-23H,5,11-12,15H2,1H3. The number of nitrogens with zero attached hydrogens (tertiary/aromatic N) is 1. The van der Waals surface area contributed by atoms with Crippen LogP contribution >= 0.6 is 0 Å². The second-order valence-electron chi connectivity index (χ2n) is 6.66. The van der Waals surface area contributed by atoms with Gasteiger partial charge in [-0.1, -0.05) is 12.1 Å². The van der Waals surface area contributed by atoms with Crippen molar-refractivity contribution < 1.29 is 27.2 Å². The zero-order chi connectivity index (χ0) is 23.0. The first-order valence-electron chi connectivity index (χ1n) is 9.69. The lowest BCUT2D eigenvalue weighted by atomic mass is 10.2. The summed E-state index contributed by atoms with van der Waals surface area (Å²) in [4.78, 5) is 10.3. The summed E-state index contributed by atoms with van der Waals surface area (Å²) in [5.41, 5.74) is 0.126. The molecule has 0 bridgehead atoms. The summed E-state index contributed by atoms with van der Waals surface area (Å²) in [6.45, 7) is 1.16. The number of anilines is 2. The third kappa shape index (κ3) is 5.99. The summed E-state index contributed by atoms with van der Waals surface area (Å²) in [6.07, 6.45) is 2.15. The van der Waals surface area contributed by atoms with Crippen molar-refractivity contribution in [3.63, 3.8) is 0 Å². The number of nitro groups is 1. The largest absolute Gasteiger partial charge is 0.495 e. The van der Waals surface area contributed by atoms with Crippen LogP contribution in [-0.4, -0.2) is 33.6 Å². The lowest BCUT2D eigenvalue weighted by molar-refractivity contribution is -0.385. The fourth-order valence-electron chi connectivity index (χ4n) is 2.89. The first kappa shape index (κ1) is 23.1. The number of non-ortho nitro benzene ring substituents is 1. The molecule has 0 amide bonds. The number of rotatable bonds is 12. The third-order valence-electron chi connectivity index (χ3n) is 4.42. The molecule has 0 spiro atoms. The Bertz CT molecular complexity index is 1150. The smallest absolute Gasteiger partial charge is 0.270 e. The van der Waals surface area contributed by atoms with Crippen molar-refractivity contribution >= 4 is 27.1 Å². The Hall–Kier alpha value is -3.57. The first-order chi connectivity index (χ1) is 15.4. The van der Waals surface area contributed by atoms with Crippen LogP contribution in [0.4, 0.5) is 17.1 Å². The van der Waals surface area contributed by atoms with Gasteiger partial charge in [-0.2, -0.15) is 0 Å². The van der Waals surface area contributed by atoms with E-state index in [1.54, 1.807) is 36.6 Å². The molecule has 10 nitrogen and oxygen atoms in total. The summed E-state index contributed by atoms with van der Waals surface area (Å²) in [7, 11) is -2.73. The Labute approximate surface area is 185 Å². The Morgan fingerprint density at radius 1 is 1.09 bits per heavy atom. The van der Waals surface area contributed by atoms with Crippen molar-refractivity contribution in [3.8, 4) is 5.75 Å². The minimum atomic E-state index is -4.15. The minimum absolute atomic E-state index is 0.221. The van der Waals surface area contributed by atoms with Crippen LogP contribution in [-0.2, 0) is 21.4 Å². The van der Waals surface area contributed by atoms with E-state index in [9.17, 15) is 18.5 Å². The van der Waals surface area contributed by atoms with E-state index in [0.717, 1.165) is 6.07 Å². The van der Waals surface area contributed by atoms with E-state index in [0.29, 0.717) is 37.7 Å². The number of benzene rings is 2. The van der Waals surface area contributed by atoms with Gasteiger partial charge in [0, 0.05) is 25.3 Å². The lowest BCUT2D eigenvalue weighted by Crippen LogP contribution is -2.17. The number of nitrogens with one attached hydrogen (secondary N) is 2. The van der Waals surface area contributed by atoms with Crippen LogP contribution < -0.4 is 14.8 Å². The maximum absolute atomic E-state index is 13.1. The van der Waals surface area contributed by atoms with Gasteiger partial charge < -0.3 is 19.2 Å². The van der Waals surface area contributed by atoms with E-state index in [4.69, 9.17) is 13.9 Å². The first-order valence-corrected chi connectivity index (χ1v) is 11.2. The number of hydrogen-bond acceptors (Lipinski definition) is 8. The van der Waals surface area contributed by atoms with Crippen molar-refractivity contribution in [1.29, 1.82) is 0 Å². The van der Waals surface area contributed by atoms with E-state index in [1.807, 2.05) is 0 Å². The molecule has 0 aliphatic heterocycles. The molecule has 11 heteroatoms. The van der Waals surface area contributed by atoms with Gasteiger partial charge in [0.15, 0.2) is 0 Å². The topological polar surface area (TPSA) is 133 Å². The molecule has 0 unspecified atom stereocenters. The molecule has 170 valence electrons. The van der Waals surface area contributed by atoms with Gasteiger partial charge in [0.1, 0.15) is 23.0 Å². The predicted octanol–water partition coefficient (Wildman–Crippen LogP) is 4.02. The quantitative estimate of drug-likeness (QED) is 0.235. The predicted molar refractivity (Wildman–Crippen MR) is 118 cm³/mol. The van der Waals surface area contributed by atoms with Gasteiger partial charge in [0.25, 0.3) is 15.7 Å². The highest BCUT2D eigenvalue weighted by molar-refractivity contribution is 7.93. The van der Waals surface area contributed by atoms with Crippen molar-refractivity contribution in [1.82, 2.24) is 0 Å². The van der Waals surface area contributed by atoms with Crippen molar-refractivity contribution in [3.05, 3.63) is 76.7 Å². The molecule has 3 rings (SSSR count). The fourth-order valence-corrected chi connectivity index (χ4v) is 4.16. The van der Waals surface area contributed by atoms with Crippen LogP contribution in [0.2, 0.25) is 0 Å². The molecule has 0 atom stereocenters. The lowest BCUT2D eigenvalue weighted by Gasteiger charge is -2.15. The Morgan fingerprint density at radius 2 is 1.91 bits per heavy atom. The number of para-hydroxylation sites is 2. The maximum Gasteiger partial charge on any atom is 0.270 e. The second kappa shape index (κ2) is 10.6. The van der Waals surface area contributed by atoms with E-state index in [-0.39, 0.29) is 22.0 Å². The Kier molecular flexibility index (Phi) is 7.68. The maximum atomic E-state index is 13.1. The molecule has 0 aliphatic carbocycles. The number of furan rings is 1. The monoisotopic (exact) mass is 461 g/mol. The molecule has 2 N–H and O–H groups in total. The summed E-state index contributed by atoms with van der Waals surface area (Å²) in [5, 5.41) is 14.2. The molecule has 0 aliphatic rings. The van der Waals surface area contributed by atoms with E-state index >= 15 is 0 Å². The van der Waals surface area contributed by atoms with Crippen LogP contribution in [0.1, 0.15) is 12.2 Å². The highest BCUT2D eigenvalue weighted by Crippen LogP contribution is 2.31. The average Bonchev–Trinajstić information content (AvgIpc) is 3.29. The SMILES string of the molecule is COc1ccccc1NS(=O)(=O)c1cc([N+](=O)[O-])ccc1NCCCOCc1ccco1. The Balaban J connectivity index is 1.71. The van der Waals surface area contributed by atoms with Crippen molar-refractivity contribution in [2.75, 3.05) is 30.3 Å². The number of methoxy groups -OCH3 is 1. The van der Waals surface area contributed by atoms with Crippen LogP contribution in [0.25, 0.3) is 0 Å². The second-order valence-corrected chi connectivity index (χ2v) is 8.31. The van der Waals surface area contributed by atoms with Gasteiger partial charge in [-0.25, -0.2) is 8.42 Å². The van der Waals surface area contributed by atoms with Gasteiger partial charge in [0.2, 0.25) is 0 Å². The summed E-state index contributed by atoms with van der Waals surface area (Å²) in [5.74, 6) is 1.04. The van der Waals surface area contributed by atoms with Crippen molar-refractivity contribution in [2.45, 2.75) is 17.9 Å². The number of sulfonamides is 1. The molecule has 1 aromatic heterocycles. The highest BCUT2D eigenvalue weighted by atomic mass is 32.2. The van der Waals surface area contributed by atoms with Crippen LogP contribution in [0, 0.1) is 10.1 Å². The fraction of sp³-hybridized carbons (Fsp3) is 0.238. The molecule has 0 saturated heterocycles. The molecule has 0 radical (unpaired) electrons. The molecular formula is C21H23N3O7S. The zero-order valence-electron chi connectivity index (χ0n) is 17.3. The summed E-state index contributed by atoms with van der Waals surface area (Å²) < 4.78 is 44.4. The third-order valence-corrected chi connectivity index (χ3v) is 5.83. The van der Waals surface area contributed by atoms with Gasteiger partial charge in [-0.3, -0.25) is 14.8 Å². The summed E-state index contributed by atoms with van der Waals surface area (Å²) >= 11 is 0. The van der Waals surface area contributed by atoms with Crippen molar-refractivity contribution in [2.24, 2.45) is 0 Å². The van der Waals surface area contributed by atoms with Gasteiger partial charge in [0.05, 0.1) is 29.7 Å². The molecule has 2 aromatic carbocycles. The molecule has 32 heavy (non-hydrogen) atoms. The number of nitro benzene ring substituents is 1. The Morgan fingerprint density at radius 3 is 2.62 bits per heavy atom. The minimum Gasteiger partial charge on any atom is -0.495 e. The van der Waals surface area contributed by atoms with Gasteiger partial charge in [-0.05, 0) is 36.8 Å². The normalized spacial score (nSPS) is 11.2. The van der Waals surface area contributed by atoms with Gasteiger partial charge >= 0.3 is 0 Å². The van der Waals surface area contributed by atoms with E-state index < -0.39 is 14.9 Å². The molecule has 0 saturated carbocycles. The molecule has 1 heterocycles. The average molecular weight is 461 g/mol. The highest BCUT2D eigenvalue weighted by Gasteiger charge is 2.23. The van der Waals surface area contributed by atoms with E-state index in [2.05, 4.69) is 10.0 Å². The molecular weight excluding hydrogens is 438 g/mol. The van der Waals surface area contributed by atoms with Crippen LogP contribution in [0.3, 0.4) is 0 Å². The van der Waals surface area contributed by atoms with Gasteiger partial charge in [-0.15, -0.1) is 0 Å². The zero-order valence-corrected chi connectivity index (χ0v) is 18.1. The number of ether oxygens (including phenoxy) is 2. The molecule has 3 aromatic rings. The summed E-state index contributed by atoms with van der Waals surface area (Å²) in [6, 6.07) is 13.7. The van der Waals surface area contributed by atoms with E-state index in [1.165, 1.54) is 25.3 Å². The van der Waals surface area contributed by atoms with Crippen LogP contribution in [0.5, 0.6) is 5.75 Å². The number of hydrogen-bond donors (Lipinski definition) is 2.